The Balaban J connectivity index is 1.43. The van der Waals surface area contributed by atoms with Gasteiger partial charge in [0.25, 0.3) is 8.24 Å². The van der Waals surface area contributed by atoms with Crippen molar-refractivity contribution in [3.05, 3.63) is 182 Å². The lowest BCUT2D eigenvalue weighted by Crippen LogP contribution is -2.72. The number of hydrogen-bond donors (Lipinski definition) is 0. The van der Waals surface area contributed by atoms with Crippen LogP contribution in [0.25, 0.3) is 49.3 Å². The lowest BCUT2D eigenvalue weighted by molar-refractivity contribution is 1.18. The highest BCUT2D eigenvalue weighted by Gasteiger charge is 2.44. The van der Waals surface area contributed by atoms with Gasteiger partial charge in [0, 0.05) is 38.3 Å². The smallest absolute Gasteiger partial charge is 0.257 e. The Morgan fingerprint density at radius 3 is 1.18 bits per heavy atom. The van der Waals surface area contributed by atoms with Crippen LogP contribution in [0, 0.1) is 0 Å². The second-order valence-electron chi connectivity index (χ2n) is 11.7. The molecule has 3 heteroatoms. The van der Waals surface area contributed by atoms with E-state index < -0.39 is 8.24 Å². The summed E-state index contributed by atoms with van der Waals surface area (Å²) in [5, 5.41) is 9.17. The summed E-state index contributed by atoms with van der Waals surface area (Å²) >= 11 is 0. The molecule has 9 aromatic rings. The third-order valence-corrected chi connectivity index (χ3v) is 14.1. The molecule has 0 unspecified atom stereocenters. The van der Waals surface area contributed by atoms with Gasteiger partial charge in [-0.25, -0.2) is 0 Å². The van der Waals surface area contributed by atoms with Crippen LogP contribution in [0.1, 0.15) is 0 Å². The predicted molar refractivity (Wildman–Crippen MR) is 193 cm³/mol. The van der Waals surface area contributed by atoms with E-state index in [-0.39, 0.29) is 0 Å². The minimum absolute atomic E-state index is 1.18. The van der Waals surface area contributed by atoms with Crippen molar-refractivity contribution in [2.24, 2.45) is 0 Å². The van der Waals surface area contributed by atoms with Crippen LogP contribution in [0.4, 0.5) is 0 Å². The number of nitrogens with zero attached hydrogens (tertiary/aromatic N) is 2. The van der Waals surface area contributed by atoms with Gasteiger partial charge in [-0.15, -0.1) is 0 Å². The molecule has 0 aliphatic heterocycles. The molecule has 0 atom stereocenters. The van der Waals surface area contributed by atoms with E-state index in [0.29, 0.717) is 0 Å². The van der Waals surface area contributed by atoms with Gasteiger partial charge in [0.1, 0.15) is 0 Å². The molecular weight excluding hydrogens is 561 g/mol. The second-order valence-corrected chi connectivity index (χ2v) is 15.3. The van der Waals surface area contributed by atoms with Crippen molar-refractivity contribution in [1.82, 2.24) is 8.80 Å². The molecule has 0 bridgehead atoms. The van der Waals surface area contributed by atoms with Crippen LogP contribution in [0.2, 0.25) is 0 Å². The highest BCUT2D eigenvalue weighted by Crippen LogP contribution is 2.36. The average Bonchev–Trinajstić information content (AvgIpc) is 3.63. The fourth-order valence-corrected chi connectivity index (χ4v) is 12.5. The zero-order valence-electron chi connectivity index (χ0n) is 24.7. The van der Waals surface area contributed by atoms with Gasteiger partial charge < -0.3 is 8.80 Å². The monoisotopic (exact) mass is 590 g/mol. The quantitative estimate of drug-likeness (QED) is 0.141. The number of aromatic nitrogens is 2. The van der Waals surface area contributed by atoms with Crippen molar-refractivity contribution in [3.8, 4) is 5.69 Å². The Hall–Kier alpha value is -5.64. The lowest BCUT2D eigenvalue weighted by atomic mass is 10.1. The molecule has 0 aliphatic carbocycles. The summed E-state index contributed by atoms with van der Waals surface area (Å²) in [5.74, 6) is 0. The van der Waals surface area contributed by atoms with Gasteiger partial charge in [0.2, 0.25) is 0 Å². The first-order valence-corrected chi connectivity index (χ1v) is 17.5. The van der Waals surface area contributed by atoms with Gasteiger partial charge >= 0.3 is 0 Å². The number of hydrogen-bond acceptors (Lipinski definition) is 0. The van der Waals surface area contributed by atoms with Crippen LogP contribution in [-0.4, -0.2) is 17.0 Å². The van der Waals surface area contributed by atoms with Gasteiger partial charge in [-0.05, 0) is 52.0 Å². The maximum atomic E-state index is 2.72. The van der Waals surface area contributed by atoms with E-state index in [2.05, 4.69) is 191 Å². The minimum atomic E-state index is -2.84. The molecule has 0 radical (unpaired) electrons. The van der Waals surface area contributed by atoms with Crippen molar-refractivity contribution < 1.29 is 0 Å². The summed E-state index contributed by atoms with van der Waals surface area (Å²) in [6, 6.07) is 67.1. The molecule has 0 aliphatic rings. The topological polar surface area (TPSA) is 9.86 Å². The summed E-state index contributed by atoms with van der Waals surface area (Å²) < 4.78 is 5.14. The molecule has 2 heterocycles. The molecule has 45 heavy (non-hydrogen) atoms. The van der Waals surface area contributed by atoms with Crippen LogP contribution in [-0.2, 0) is 0 Å². The van der Waals surface area contributed by atoms with Crippen molar-refractivity contribution in [1.29, 1.82) is 0 Å². The minimum Gasteiger partial charge on any atom is -0.355 e. The van der Waals surface area contributed by atoms with Gasteiger partial charge in [-0.1, -0.05) is 146 Å². The van der Waals surface area contributed by atoms with E-state index in [0.717, 1.165) is 0 Å². The highest BCUT2D eigenvalue weighted by molar-refractivity contribution is 7.11. The zero-order chi connectivity index (χ0) is 29.8. The molecular formula is C42H30N2Si. The van der Waals surface area contributed by atoms with E-state index in [9.17, 15) is 0 Å². The predicted octanol–water partition coefficient (Wildman–Crippen LogP) is 8.41. The standard InChI is InChI=1S/C42H30N2Si/c1-4-16-32(17-5-1)45(33-18-6-2-7-19-33,34-20-8-3-9-21-34)44-41-27-15-12-24-37(41)38-30-31(28-29-42(38)44)43-39-25-13-10-22-35(39)36-23-11-14-26-40(36)43/h1-30H. The first-order valence-electron chi connectivity index (χ1n) is 15.5. The van der Waals surface area contributed by atoms with Crippen LogP contribution < -0.4 is 15.6 Å². The van der Waals surface area contributed by atoms with Crippen LogP contribution in [0.3, 0.4) is 0 Å². The Kier molecular flexibility index (Phi) is 5.87. The molecule has 0 saturated carbocycles. The fourth-order valence-electron chi connectivity index (χ4n) is 7.59. The van der Waals surface area contributed by atoms with Crippen LogP contribution >= 0.6 is 0 Å². The first-order chi connectivity index (χ1) is 22.4. The van der Waals surface area contributed by atoms with Crippen LogP contribution in [0.15, 0.2) is 182 Å². The Labute approximate surface area is 263 Å². The third kappa shape index (κ3) is 3.74. The first kappa shape index (κ1) is 25.8. The second kappa shape index (κ2) is 10.2. The number of rotatable bonds is 5. The van der Waals surface area contributed by atoms with Crippen molar-refractivity contribution >= 4 is 67.4 Å². The lowest BCUT2D eigenvalue weighted by Gasteiger charge is -2.36. The highest BCUT2D eigenvalue weighted by atomic mass is 28.3. The summed E-state index contributed by atoms with van der Waals surface area (Å²) in [7, 11) is -2.84. The SMILES string of the molecule is c1ccc([Si](c2ccccc2)(c2ccccc2)n2c3ccccc3c3cc(-n4c5ccccc5c5ccccc54)ccc32)cc1. The van der Waals surface area contributed by atoms with E-state index in [4.69, 9.17) is 0 Å². The molecule has 0 saturated heterocycles. The zero-order valence-corrected chi connectivity index (χ0v) is 25.7. The molecule has 0 spiro atoms. The van der Waals surface area contributed by atoms with Gasteiger partial charge in [0.15, 0.2) is 0 Å². The maximum absolute atomic E-state index is 2.84. The molecule has 2 aromatic heterocycles. The third-order valence-electron chi connectivity index (χ3n) is 9.40. The van der Waals surface area contributed by atoms with Crippen molar-refractivity contribution in [2.75, 3.05) is 0 Å². The average molecular weight is 591 g/mol. The van der Waals surface area contributed by atoms with Crippen molar-refractivity contribution in [3.63, 3.8) is 0 Å². The summed E-state index contributed by atoms with van der Waals surface area (Å²) in [5.41, 5.74) is 6.14. The normalized spacial score (nSPS) is 12.0. The molecule has 9 rings (SSSR count). The van der Waals surface area contributed by atoms with E-state index in [1.54, 1.807) is 0 Å². The maximum Gasteiger partial charge on any atom is 0.257 e. The summed E-state index contributed by atoms with van der Waals surface area (Å²) in [6.45, 7) is 0. The van der Waals surface area contributed by atoms with Gasteiger partial charge in [0.05, 0.1) is 11.0 Å². The van der Waals surface area contributed by atoms with Crippen LogP contribution in [0.5, 0.6) is 0 Å². The Morgan fingerprint density at radius 2 is 0.689 bits per heavy atom. The Morgan fingerprint density at radius 1 is 0.311 bits per heavy atom. The fraction of sp³-hybridized carbons (Fsp3) is 0. The summed E-state index contributed by atoms with van der Waals surface area (Å²) in [4.78, 5) is 0. The molecule has 7 aromatic carbocycles. The molecule has 0 fully saturated rings. The van der Waals surface area contributed by atoms with Crippen molar-refractivity contribution in [2.45, 2.75) is 0 Å². The van der Waals surface area contributed by atoms with Gasteiger partial charge in [-0.3, -0.25) is 0 Å². The summed E-state index contributed by atoms with van der Waals surface area (Å²) in [6.07, 6.45) is 0. The number of para-hydroxylation sites is 3. The number of benzene rings is 7. The van der Waals surface area contributed by atoms with E-state index in [1.165, 1.54) is 64.9 Å². The molecule has 212 valence electrons. The molecule has 2 nitrogen and oxygen atoms in total. The van der Waals surface area contributed by atoms with Gasteiger partial charge in [-0.2, -0.15) is 0 Å². The molecule has 0 amide bonds. The largest absolute Gasteiger partial charge is 0.355 e. The molecule has 0 N–H and O–H groups in total. The number of fused-ring (bicyclic) bond motifs is 6. The van der Waals surface area contributed by atoms with E-state index >= 15 is 0 Å². The van der Waals surface area contributed by atoms with E-state index in [1.807, 2.05) is 0 Å². The Bertz CT molecular complexity index is 2320.